The summed E-state index contributed by atoms with van der Waals surface area (Å²) in [5.74, 6) is 0.358. The Hall–Kier alpha value is -1.31. The first-order valence-electron chi connectivity index (χ1n) is 4.95. The van der Waals surface area contributed by atoms with Crippen LogP contribution in [0.2, 0.25) is 0 Å². The van der Waals surface area contributed by atoms with E-state index in [-0.39, 0.29) is 23.8 Å². The Bertz CT molecular complexity index is 485. The Balaban J connectivity index is 3.05. The summed E-state index contributed by atoms with van der Waals surface area (Å²) < 4.78 is 29.8. The second-order valence-electron chi connectivity index (χ2n) is 3.56. The zero-order chi connectivity index (χ0) is 13.1. The molecule has 0 atom stereocenters. The van der Waals surface area contributed by atoms with E-state index >= 15 is 0 Å². The Morgan fingerprint density at radius 2 is 2.06 bits per heavy atom. The SMILES string of the molecule is CN(C)S(=O)(=O)c1ccc(OCCO)c(N)c1. The van der Waals surface area contributed by atoms with Crippen molar-refractivity contribution in [1.82, 2.24) is 4.31 Å². The average Bonchev–Trinajstić information content (AvgIpc) is 2.27. The first kappa shape index (κ1) is 13.8. The number of hydrogen-bond donors (Lipinski definition) is 2. The summed E-state index contributed by atoms with van der Waals surface area (Å²) in [4.78, 5) is 0.108. The van der Waals surface area contributed by atoms with Crippen molar-refractivity contribution in [2.75, 3.05) is 33.0 Å². The molecule has 3 N–H and O–H groups in total. The quantitative estimate of drug-likeness (QED) is 0.721. The van der Waals surface area contributed by atoms with Crippen LogP contribution in [0, 0.1) is 0 Å². The maximum absolute atomic E-state index is 11.8. The second kappa shape index (κ2) is 5.35. The molecule has 0 saturated heterocycles. The number of nitrogens with zero attached hydrogens (tertiary/aromatic N) is 1. The van der Waals surface area contributed by atoms with Crippen LogP contribution in [0.3, 0.4) is 0 Å². The normalized spacial score (nSPS) is 11.8. The second-order valence-corrected chi connectivity index (χ2v) is 5.71. The molecule has 1 aromatic rings. The molecule has 0 fully saturated rings. The van der Waals surface area contributed by atoms with Crippen LogP contribution >= 0.6 is 0 Å². The average molecular weight is 260 g/mol. The predicted molar refractivity (Wildman–Crippen MR) is 64.3 cm³/mol. The van der Waals surface area contributed by atoms with Crippen LogP contribution in [0.4, 0.5) is 5.69 Å². The van der Waals surface area contributed by atoms with Gasteiger partial charge in [0.15, 0.2) is 0 Å². The van der Waals surface area contributed by atoms with Crippen LogP contribution in [0.5, 0.6) is 5.75 Å². The van der Waals surface area contributed by atoms with Crippen molar-refractivity contribution in [3.8, 4) is 5.75 Å². The van der Waals surface area contributed by atoms with E-state index in [1.165, 1.54) is 32.3 Å². The van der Waals surface area contributed by atoms with Crippen molar-refractivity contribution >= 4 is 15.7 Å². The number of anilines is 1. The van der Waals surface area contributed by atoms with E-state index < -0.39 is 10.0 Å². The van der Waals surface area contributed by atoms with E-state index in [0.717, 1.165) is 4.31 Å². The number of rotatable bonds is 5. The first-order chi connectivity index (χ1) is 7.89. The van der Waals surface area contributed by atoms with Crippen molar-refractivity contribution in [3.05, 3.63) is 18.2 Å². The van der Waals surface area contributed by atoms with Gasteiger partial charge in [-0.15, -0.1) is 0 Å². The fourth-order valence-corrected chi connectivity index (χ4v) is 2.12. The molecule has 0 aliphatic rings. The van der Waals surface area contributed by atoms with E-state index in [2.05, 4.69) is 0 Å². The van der Waals surface area contributed by atoms with Crippen molar-refractivity contribution in [2.45, 2.75) is 4.90 Å². The number of sulfonamides is 1. The van der Waals surface area contributed by atoms with E-state index in [1.807, 2.05) is 0 Å². The summed E-state index contributed by atoms with van der Waals surface area (Å²) in [5, 5.41) is 8.61. The van der Waals surface area contributed by atoms with Crippen LogP contribution < -0.4 is 10.5 Å². The van der Waals surface area contributed by atoms with Gasteiger partial charge in [0.1, 0.15) is 12.4 Å². The van der Waals surface area contributed by atoms with Gasteiger partial charge >= 0.3 is 0 Å². The van der Waals surface area contributed by atoms with Gasteiger partial charge in [0.2, 0.25) is 10.0 Å². The number of nitrogens with two attached hydrogens (primary N) is 1. The van der Waals surface area contributed by atoms with Crippen LogP contribution in [-0.2, 0) is 10.0 Å². The van der Waals surface area contributed by atoms with E-state index in [1.54, 1.807) is 0 Å². The molecule has 0 bridgehead atoms. The molecule has 0 heterocycles. The number of ether oxygens (including phenoxy) is 1. The highest BCUT2D eigenvalue weighted by Gasteiger charge is 2.18. The molecule has 96 valence electrons. The molecule has 17 heavy (non-hydrogen) atoms. The zero-order valence-corrected chi connectivity index (χ0v) is 10.6. The third-order valence-electron chi connectivity index (χ3n) is 2.11. The van der Waals surface area contributed by atoms with E-state index in [4.69, 9.17) is 15.6 Å². The van der Waals surface area contributed by atoms with Crippen LogP contribution in [0.1, 0.15) is 0 Å². The maximum atomic E-state index is 11.8. The molecular weight excluding hydrogens is 244 g/mol. The third kappa shape index (κ3) is 3.09. The minimum absolute atomic E-state index is 0.108. The number of nitrogen functional groups attached to an aromatic ring is 1. The van der Waals surface area contributed by atoms with Gasteiger partial charge in [-0.1, -0.05) is 0 Å². The van der Waals surface area contributed by atoms with Gasteiger partial charge in [-0.25, -0.2) is 12.7 Å². The van der Waals surface area contributed by atoms with Gasteiger partial charge < -0.3 is 15.6 Å². The topological polar surface area (TPSA) is 92.9 Å². The van der Waals surface area contributed by atoms with Gasteiger partial charge in [-0.3, -0.25) is 0 Å². The Labute approximate surface area is 101 Å². The zero-order valence-electron chi connectivity index (χ0n) is 9.75. The molecule has 0 unspecified atom stereocenters. The first-order valence-corrected chi connectivity index (χ1v) is 6.39. The van der Waals surface area contributed by atoms with E-state index in [0.29, 0.717) is 5.75 Å². The Morgan fingerprint density at radius 3 is 2.53 bits per heavy atom. The lowest BCUT2D eigenvalue weighted by atomic mass is 10.3. The number of aliphatic hydroxyl groups excluding tert-OH is 1. The number of aliphatic hydroxyl groups is 1. The third-order valence-corrected chi connectivity index (χ3v) is 3.92. The molecule has 0 radical (unpaired) electrons. The number of benzene rings is 1. The maximum Gasteiger partial charge on any atom is 0.242 e. The molecule has 0 aromatic heterocycles. The summed E-state index contributed by atoms with van der Waals surface area (Å²) in [5.41, 5.74) is 5.89. The highest BCUT2D eigenvalue weighted by atomic mass is 32.2. The van der Waals surface area contributed by atoms with Crippen LogP contribution in [0.25, 0.3) is 0 Å². The molecule has 7 heteroatoms. The smallest absolute Gasteiger partial charge is 0.242 e. The van der Waals surface area contributed by atoms with Crippen molar-refractivity contribution in [1.29, 1.82) is 0 Å². The largest absolute Gasteiger partial charge is 0.489 e. The van der Waals surface area contributed by atoms with Gasteiger partial charge in [-0.05, 0) is 18.2 Å². The fourth-order valence-electron chi connectivity index (χ4n) is 1.18. The Morgan fingerprint density at radius 1 is 1.41 bits per heavy atom. The highest BCUT2D eigenvalue weighted by Crippen LogP contribution is 2.25. The molecule has 1 aromatic carbocycles. The monoisotopic (exact) mass is 260 g/mol. The highest BCUT2D eigenvalue weighted by molar-refractivity contribution is 7.89. The van der Waals surface area contributed by atoms with Crippen molar-refractivity contribution in [2.24, 2.45) is 0 Å². The summed E-state index contributed by atoms with van der Waals surface area (Å²) in [6, 6.07) is 4.22. The van der Waals surface area contributed by atoms with Gasteiger partial charge in [0, 0.05) is 14.1 Å². The number of hydrogen-bond acceptors (Lipinski definition) is 5. The summed E-state index contributed by atoms with van der Waals surface area (Å²) >= 11 is 0. The van der Waals surface area contributed by atoms with Gasteiger partial charge in [0.25, 0.3) is 0 Å². The molecule has 6 nitrogen and oxygen atoms in total. The van der Waals surface area contributed by atoms with Crippen molar-refractivity contribution in [3.63, 3.8) is 0 Å². The molecule has 0 amide bonds. The summed E-state index contributed by atoms with van der Waals surface area (Å²) in [6.07, 6.45) is 0. The lowest BCUT2D eigenvalue weighted by Gasteiger charge is -2.13. The van der Waals surface area contributed by atoms with Crippen molar-refractivity contribution < 1.29 is 18.3 Å². The van der Waals surface area contributed by atoms with Gasteiger partial charge in [0.05, 0.1) is 17.2 Å². The minimum atomic E-state index is -3.49. The molecule has 0 saturated carbocycles. The lowest BCUT2D eigenvalue weighted by Crippen LogP contribution is -2.22. The van der Waals surface area contributed by atoms with Crippen LogP contribution in [0.15, 0.2) is 23.1 Å². The standard InChI is InChI=1S/C10H16N2O4S/c1-12(2)17(14,15)8-3-4-10(9(11)7-8)16-6-5-13/h3-4,7,13H,5-6,11H2,1-2H3. The lowest BCUT2D eigenvalue weighted by molar-refractivity contribution is 0.202. The molecule has 0 spiro atoms. The Kier molecular flexibility index (Phi) is 4.33. The minimum Gasteiger partial charge on any atom is -0.489 e. The summed E-state index contributed by atoms with van der Waals surface area (Å²) in [6.45, 7) is -0.0127. The predicted octanol–water partition coefficient (Wildman–Crippen LogP) is -0.110. The summed E-state index contributed by atoms with van der Waals surface area (Å²) in [7, 11) is -0.596. The molecular formula is C10H16N2O4S. The molecule has 1 rings (SSSR count). The molecule has 0 aliphatic heterocycles. The van der Waals surface area contributed by atoms with Gasteiger partial charge in [-0.2, -0.15) is 0 Å². The van der Waals surface area contributed by atoms with Crippen LogP contribution in [-0.4, -0.2) is 45.1 Å². The van der Waals surface area contributed by atoms with E-state index in [9.17, 15) is 8.42 Å². The fraction of sp³-hybridized carbons (Fsp3) is 0.400. The molecule has 0 aliphatic carbocycles.